The van der Waals surface area contributed by atoms with Gasteiger partial charge in [-0.3, -0.25) is 9.78 Å². The maximum atomic E-state index is 11.7. The van der Waals surface area contributed by atoms with Crippen LogP contribution in [0.15, 0.2) is 4.79 Å². The largest absolute Gasteiger partial charge is 0.353 e. The third kappa shape index (κ3) is 2.02. The van der Waals surface area contributed by atoms with Gasteiger partial charge in [-0.1, -0.05) is 0 Å². The van der Waals surface area contributed by atoms with Crippen LogP contribution in [0.4, 0.5) is 5.95 Å². The van der Waals surface area contributed by atoms with E-state index in [-0.39, 0.29) is 5.56 Å². The van der Waals surface area contributed by atoms with E-state index < -0.39 is 0 Å². The lowest BCUT2D eigenvalue weighted by Crippen LogP contribution is -2.18. The number of aromatic nitrogens is 2. The fourth-order valence-corrected chi connectivity index (χ4v) is 2.29. The first-order chi connectivity index (χ1) is 7.24. The van der Waals surface area contributed by atoms with Gasteiger partial charge in [0.05, 0.1) is 5.69 Å². The zero-order chi connectivity index (χ0) is 10.4. The van der Waals surface area contributed by atoms with Crippen LogP contribution in [-0.4, -0.2) is 16.0 Å². The maximum Gasteiger partial charge on any atom is 0.266 e. The van der Waals surface area contributed by atoms with Crippen LogP contribution >= 0.6 is 22.6 Å². The lowest BCUT2D eigenvalue weighted by molar-refractivity contribution is 0.934. The Hall–Kier alpha value is -0.590. The molecule has 80 valence electrons. The van der Waals surface area contributed by atoms with Gasteiger partial charge in [0.25, 0.3) is 5.56 Å². The number of aromatic amines is 1. The number of halogens is 1. The summed E-state index contributed by atoms with van der Waals surface area (Å²) in [5.41, 5.74) is 0.984. The first-order valence-corrected chi connectivity index (χ1v) is 6.38. The summed E-state index contributed by atoms with van der Waals surface area (Å²) in [7, 11) is 0. The molecule has 2 aliphatic rings. The molecule has 5 heteroatoms. The Labute approximate surface area is 101 Å². The van der Waals surface area contributed by atoms with Crippen molar-refractivity contribution in [3.63, 3.8) is 0 Å². The van der Waals surface area contributed by atoms with Gasteiger partial charge in [-0.05, 0) is 48.3 Å². The molecule has 0 bridgehead atoms. The van der Waals surface area contributed by atoms with E-state index in [1.807, 2.05) is 0 Å². The second-order valence-electron chi connectivity index (χ2n) is 4.31. The Balaban J connectivity index is 1.96. The summed E-state index contributed by atoms with van der Waals surface area (Å²) in [6, 6.07) is 0.528. The van der Waals surface area contributed by atoms with Crippen molar-refractivity contribution in [3.8, 4) is 0 Å². The van der Waals surface area contributed by atoms with Gasteiger partial charge in [-0.2, -0.15) is 0 Å². The van der Waals surface area contributed by atoms with Crippen LogP contribution < -0.4 is 10.9 Å². The van der Waals surface area contributed by atoms with E-state index in [2.05, 4.69) is 37.9 Å². The zero-order valence-electron chi connectivity index (χ0n) is 8.22. The summed E-state index contributed by atoms with van der Waals surface area (Å²) in [4.78, 5) is 18.9. The Morgan fingerprint density at radius 1 is 1.33 bits per heavy atom. The summed E-state index contributed by atoms with van der Waals surface area (Å²) in [6.45, 7) is 0. The van der Waals surface area contributed by atoms with E-state index in [9.17, 15) is 4.79 Å². The molecule has 0 spiro atoms. The molecule has 0 aliphatic heterocycles. The molecule has 2 saturated carbocycles. The maximum absolute atomic E-state index is 11.7. The number of hydrogen-bond acceptors (Lipinski definition) is 3. The summed E-state index contributed by atoms with van der Waals surface area (Å²) >= 11 is 2.09. The average molecular weight is 317 g/mol. The minimum atomic E-state index is -0.00403. The molecule has 0 atom stereocenters. The zero-order valence-corrected chi connectivity index (χ0v) is 10.4. The summed E-state index contributed by atoms with van der Waals surface area (Å²) < 4.78 is 0.761. The molecule has 1 aromatic heterocycles. The summed E-state index contributed by atoms with van der Waals surface area (Å²) in [5, 5.41) is 3.24. The van der Waals surface area contributed by atoms with Gasteiger partial charge in [0, 0.05) is 12.0 Å². The molecule has 0 saturated heterocycles. The van der Waals surface area contributed by atoms with Gasteiger partial charge in [-0.15, -0.1) is 0 Å². The van der Waals surface area contributed by atoms with Crippen molar-refractivity contribution in [1.29, 1.82) is 0 Å². The number of nitrogens with one attached hydrogen (secondary N) is 2. The molecule has 0 unspecified atom stereocenters. The van der Waals surface area contributed by atoms with E-state index in [1.165, 1.54) is 25.7 Å². The van der Waals surface area contributed by atoms with Crippen LogP contribution in [0.1, 0.15) is 37.3 Å². The highest BCUT2D eigenvalue weighted by molar-refractivity contribution is 14.1. The smallest absolute Gasteiger partial charge is 0.266 e. The van der Waals surface area contributed by atoms with E-state index in [4.69, 9.17) is 0 Å². The second kappa shape index (κ2) is 3.47. The highest BCUT2D eigenvalue weighted by Crippen LogP contribution is 2.40. The third-order valence-corrected chi connectivity index (χ3v) is 3.81. The Bertz CT molecular complexity index is 448. The van der Waals surface area contributed by atoms with E-state index in [1.54, 1.807) is 0 Å². The standard InChI is InChI=1S/C10H12IN3O/c11-7-8(5-1-2-5)13-10(14-9(7)15)12-6-3-4-6/h5-6H,1-4H2,(H2,12,13,14,15). The molecule has 2 fully saturated rings. The van der Waals surface area contributed by atoms with Crippen molar-refractivity contribution in [1.82, 2.24) is 9.97 Å². The molecule has 15 heavy (non-hydrogen) atoms. The van der Waals surface area contributed by atoms with Crippen molar-refractivity contribution in [3.05, 3.63) is 19.6 Å². The minimum absolute atomic E-state index is 0.00403. The number of H-pyrrole nitrogens is 1. The quantitative estimate of drug-likeness (QED) is 0.836. The monoisotopic (exact) mass is 317 g/mol. The van der Waals surface area contributed by atoms with Gasteiger partial charge < -0.3 is 5.32 Å². The highest BCUT2D eigenvalue weighted by atomic mass is 127. The molecule has 3 rings (SSSR count). The van der Waals surface area contributed by atoms with Gasteiger partial charge in [-0.25, -0.2) is 4.98 Å². The van der Waals surface area contributed by atoms with E-state index in [0.29, 0.717) is 17.9 Å². The van der Waals surface area contributed by atoms with Crippen LogP contribution in [0.3, 0.4) is 0 Å². The minimum Gasteiger partial charge on any atom is -0.353 e. The van der Waals surface area contributed by atoms with E-state index >= 15 is 0 Å². The molecule has 2 N–H and O–H groups in total. The lowest BCUT2D eigenvalue weighted by atomic mass is 10.3. The molecule has 0 radical (unpaired) electrons. The Morgan fingerprint density at radius 3 is 2.67 bits per heavy atom. The Morgan fingerprint density at radius 2 is 2.07 bits per heavy atom. The van der Waals surface area contributed by atoms with Crippen LogP contribution in [0, 0.1) is 3.57 Å². The molecule has 1 aromatic rings. The molecular weight excluding hydrogens is 305 g/mol. The number of rotatable bonds is 3. The molecule has 0 amide bonds. The highest BCUT2D eigenvalue weighted by Gasteiger charge is 2.29. The van der Waals surface area contributed by atoms with Crippen LogP contribution in [0.5, 0.6) is 0 Å². The van der Waals surface area contributed by atoms with Crippen molar-refractivity contribution in [2.45, 2.75) is 37.6 Å². The van der Waals surface area contributed by atoms with Gasteiger partial charge in [0.15, 0.2) is 0 Å². The number of hydrogen-bond donors (Lipinski definition) is 2. The van der Waals surface area contributed by atoms with Gasteiger partial charge in [0.2, 0.25) is 5.95 Å². The average Bonchev–Trinajstić information content (AvgIpc) is 3.01. The lowest BCUT2D eigenvalue weighted by Gasteiger charge is -2.06. The topological polar surface area (TPSA) is 57.8 Å². The number of anilines is 1. The molecule has 0 aromatic carbocycles. The van der Waals surface area contributed by atoms with Crippen molar-refractivity contribution in [2.24, 2.45) is 0 Å². The van der Waals surface area contributed by atoms with E-state index in [0.717, 1.165) is 9.26 Å². The van der Waals surface area contributed by atoms with Crippen molar-refractivity contribution in [2.75, 3.05) is 5.32 Å². The predicted molar refractivity (Wildman–Crippen MR) is 66.2 cm³/mol. The first-order valence-electron chi connectivity index (χ1n) is 5.30. The van der Waals surface area contributed by atoms with Gasteiger partial charge in [0.1, 0.15) is 3.57 Å². The SMILES string of the molecule is O=c1[nH]c(NC2CC2)nc(C2CC2)c1I. The second-order valence-corrected chi connectivity index (χ2v) is 5.39. The predicted octanol–water partition coefficient (Wildman–Crippen LogP) is 1.83. The molecular formula is C10H12IN3O. The normalized spacial score (nSPS) is 20.3. The molecule has 2 aliphatic carbocycles. The fourth-order valence-electron chi connectivity index (χ4n) is 1.59. The molecule has 1 heterocycles. The Kier molecular flexibility index (Phi) is 2.22. The summed E-state index contributed by atoms with van der Waals surface area (Å²) in [5.74, 6) is 1.18. The van der Waals surface area contributed by atoms with Crippen LogP contribution in [0.25, 0.3) is 0 Å². The summed E-state index contributed by atoms with van der Waals surface area (Å²) in [6.07, 6.45) is 4.73. The van der Waals surface area contributed by atoms with Gasteiger partial charge >= 0.3 is 0 Å². The van der Waals surface area contributed by atoms with Crippen LogP contribution in [0.2, 0.25) is 0 Å². The first kappa shape index (κ1) is 9.62. The number of nitrogens with zero attached hydrogens (tertiary/aromatic N) is 1. The molecule has 4 nitrogen and oxygen atoms in total. The third-order valence-electron chi connectivity index (χ3n) is 2.77. The fraction of sp³-hybridized carbons (Fsp3) is 0.600. The van der Waals surface area contributed by atoms with Crippen molar-refractivity contribution < 1.29 is 0 Å². The van der Waals surface area contributed by atoms with Crippen LogP contribution in [-0.2, 0) is 0 Å². The van der Waals surface area contributed by atoms with Crippen molar-refractivity contribution >= 4 is 28.5 Å².